The molecule has 1 aromatic rings. The van der Waals surface area contributed by atoms with E-state index in [1.165, 1.54) is 12.8 Å². The number of guanidine groups is 1. The van der Waals surface area contributed by atoms with Crippen LogP contribution < -0.4 is 10.6 Å². The Balaban J connectivity index is 0.00000288. The van der Waals surface area contributed by atoms with Crippen molar-refractivity contribution in [2.45, 2.75) is 45.7 Å². The Kier molecular flexibility index (Phi) is 8.97. The molecule has 0 bridgehead atoms. The molecule has 1 aliphatic heterocycles. The van der Waals surface area contributed by atoms with Crippen molar-refractivity contribution in [3.63, 3.8) is 0 Å². The molecule has 0 spiro atoms. The van der Waals surface area contributed by atoms with Gasteiger partial charge in [0, 0.05) is 12.6 Å². The number of hydrogen-bond donors (Lipinski definition) is 2. The summed E-state index contributed by atoms with van der Waals surface area (Å²) >= 11 is 0. The van der Waals surface area contributed by atoms with Gasteiger partial charge in [-0.25, -0.2) is 4.39 Å². The van der Waals surface area contributed by atoms with Crippen molar-refractivity contribution < 1.29 is 4.39 Å². The fraction of sp³-hybridized carbons (Fsp3) is 0.611. The van der Waals surface area contributed by atoms with Crippen molar-refractivity contribution in [3.05, 3.63) is 35.1 Å². The maximum absolute atomic E-state index is 13.7. The van der Waals surface area contributed by atoms with Crippen LogP contribution in [0.5, 0.6) is 0 Å². The molecule has 0 saturated carbocycles. The van der Waals surface area contributed by atoms with Gasteiger partial charge < -0.3 is 15.5 Å². The smallest absolute Gasteiger partial charge is 0.191 e. The summed E-state index contributed by atoms with van der Waals surface area (Å²) in [5.41, 5.74) is 1.60. The zero-order valence-electron chi connectivity index (χ0n) is 15.1. The first-order chi connectivity index (χ1) is 11.0. The molecule has 6 heteroatoms. The first-order valence-electron chi connectivity index (χ1n) is 8.52. The minimum Gasteiger partial charge on any atom is -0.357 e. The maximum Gasteiger partial charge on any atom is 0.191 e. The van der Waals surface area contributed by atoms with Gasteiger partial charge in [-0.1, -0.05) is 12.1 Å². The molecule has 2 N–H and O–H groups in total. The molecule has 1 aromatic carbocycles. The Hall–Kier alpha value is -0.890. The van der Waals surface area contributed by atoms with Gasteiger partial charge in [0.2, 0.25) is 0 Å². The lowest BCUT2D eigenvalue weighted by molar-refractivity contribution is 0.317. The Morgan fingerprint density at radius 3 is 2.79 bits per heavy atom. The molecule has 0 aliphatic carbocycles. The highest BCUT2D eigenvalue weighted by Gasteiger charge is 2.20. The summed E-state index contributed by atoms with van der Waals surface area (Å²) in [6, 6.07) is 5.91. The molecule has 1 fully saturated rings. The first kappa shape index (κ1) is 21.2. The minimum atomic E-state index is -0.161. The molecular formula is C18H30FIN4. The molecular weight excluding hydrogens is 418 g/mol. The summed E-state index contributed by atoms with van der Waals surface area (Å²) < 4.78 is 13.7. The van der Waals surface area contributed by atoms with Crippen molar-refractivity contribution in [3.8, 4) is 0 Å². The third-order valence-corrected chi connectivity index (χ3v) is 4.53. The number of halogens is 2. The fourth-order valence-corrected chi connectivity index (χ4v) is 2.89. The van der Waals surface area contributed by atoms with Crippen molar-refractivity contribution in [1.29, 1.82) is 0 Å². The van der Waals surface area contributed by atoms with E-state index in [0.717, 1.165) is 31.2 Å². The average Bonchev–Trinajstić information content (AvgIpc) is 2.93. The summed E-state index contributed by atoms with van der Waals surface area (Å²) in [5.74, 6) is 0.631. The standard InChI is InChI=1S/C18H29FN4.HI/c1-5-20-18(21-12-16-7-6-10-23(16)4)22-14(3)15-9-8-13(2)17(19)11-15;/h8-9,11,14,16H,5-7,10,12H2,1-4H3,(H2,20,21,22);1H. The van der Waals surface area contributed by atoms with E-state index in [-0.39, 0.29) is 35.8 Å². The van der Waals surface area contributed by atoms with Gasteiger partial charge in [0.1, 0.15) is 5.82 Å². The monoisotopic (exact) mass is 448 g/mol. The zero-order valence-corrected chi connectivity index (χ0v) is 17.4. The first-order valence-corrected chi connectivity index (χ1v) is 8.52. The lowest BCUT2D eigenvalue weighted by atomic mass is 10.1. The van der Waals surface area contributed by atoms with Crippen LogP contribution in [-0.4, -0.2) is 43.6 Å². The zero-order chi connectivity index (χ0) is 16.8. The third kappa shape index (κ3) is 5.88. The second-order valence-corrected chi connectivity index (χ2v) is 6.37. The molecule has 24 heavy (non-hydrogen) atoms. The Bertz CT molecular complexity index is 550. The van der Waals surface area contributed by atoms with Crippen molar-refractivity contribution >= 4 is 29.9 Å². The van der Waals surface area contributed by atoms with Gasteiger partial charge in [0.05, 0.1) is 12.6 Å². The van der Waals surface area contributed by atoms with Crippen molar-refractivity contribution in [1.82, 2.24) is 15.5 Å². The van der Waals surface area contributed by atoms with E-state index in [1.54, 1.807) is 13.0 Å². The molecule has 0 aromatic heterocycles. The highest BCUT2D eigenvalue weighted by molar-refractivity contribution is 14.0. The molecule has 0 radical (unpaired) electrons. The molecule has 1 saturated heterocycles. The van der Waals surface area contributed by atoms with Gasteiger partial charge in [-0.2, -0.15) is 0 Å². The van der Waals surface area contributed by atoms with Crippen LogP contribution >= 0.6 is 24.0 Å². The van der Waals surface area contributed by atoms with Crippen molar-refractivity contribution in [2.75, 3.05) is 26.7 Å². The van der Waals surface area contributed by atoms with E-state index in [1.807, 2.05) is 19.1 Å². The lowest BCUT2D eigenvalue weighted by Gasteiger charge is -2.21. The van der Waals surface area contributed by atoms with E-state index >= 15 is 0 Å². The number of likely N-dealkylation sites (tertiary alicyclic amines) is 1. The number of likely N-dealkylation sites (N-methyl/N-ethyl adjacent to an activating group) is 1. The van der Waals surface area contributed by atoms with Gasteiger partial charge in [-0.3, -0.25) is 4.99 Å². The number of aliphatic imine (C=N–C) groups is 1. The van der Waals surface area contributed by atoms with Crippen LogP contribution in [-0.2, 0) is 0 Å². The van der Waals surface area contributed by atoms with E-state index in [2.05, 4.69) is 29.5 Å². The van der Waals surface area contributed by atoms with Crippen molar-refractivity contribution in [2.24, 2.45) is 4.99 Å². The van der Waals surface area contributed by atoms with Gasteiger partial charge in [-0.15, -0.1) is 24.0 Å². The van der Waals surface area contributed by atoms with Crippen LogP contribution in [0.3, 0.4) is 0 Å². The van der Waals surface area contributed by atoms with E-state index < -0.39 is 0 Å². The van der Waals surface area contributed by atoms with E-state index in [4.69, 9.17) is 4.99 Å². The van der Waals surface area contributed by atoms with Crippen LogP contribution in [0.25, 0.3) is 0 Å². The number of nitrogens with one attached hydrogen (secondary N) is 2. The Morgan fingerprint density at radius 1 is 1.46 bits per heavy atom. The third-order valence-electron chi connectivity index (χ3n) is 4.53. The molecule has 2 unspecified atom stereocenters. The van der Waals surface area contributed by atoms with Gasteiger partial charge in [0.15, 0.2) is 5.96 Å². The highest BCUT2D eigenvalue weighted by atomic mass is 127. The summed E-state index contributed by atoms with van der Waals surface area (Å²) in [6.45, 7) is 8.61. The summed E-state index contributed by atoms with van der Waals surface area (Å²) in [7, 11) is 2.16. The second-order valence-electron chi connectivity index (χ2n) is 6.37. The predicted octanol–water partition coefficient (Wildman–Crippen LogP) is 3.46. The average molecular weight is 448 g/mol. The van der Waals surface area contributed by atoms with E-state index in [9.17, 15) is 4.39 Å². The van der Waals surface area contributed by atoms with Crippen LogP contribution in [0.1, 0.15) is 43.9 Å². The summed E-state index contributed by atoms with van der Waals surface area (Å²) in [6.07, 6.45) is 2.46. The fourth-order valence-electron chi connectivity index (χ4n) is 2.89. The largest absolute Gasteiger partial charge is 0.357 e. The topological polar surface area (TPSA) is 39.7 Å². The predicted molar refractivity (Wildman–Crippen MR) is 110 cm³/mol. The SMILES string of the molecule is CCNC(=NCC1CCCN1C)NC(C)c1ccc(C)c(F)c1.I. The molecule has 4 nitrogen and oxygen atoms in total. The molecule has 1 heterocycles. The maximum atomic E-state index is 13.7. The normalized spacial score (nSPS) is 19.7. The number of benzene rings is 1. The van der Waals surface area contributed by atoms with Crippen LogP contribution in [0.15, 0.2) is 23.2 Å². The van der Waals surface area contributed by atoms with Crippen LogP contribution in [0.2, 0.25) is 0 Å². The molecule has 2 atom stereocenters. The summed E-state index contributed by atoms with van der Waals surface area (Å²) in [5, 5.41) is 6.65. The van der Waals surface area contributed by atoms with Gasteiger partial charge in [0.25, 0.3) is 0 Å². The molecule has 2 rings (SSSR count). The summed E-state index contributed by atoms with van der Waals surface area (Å²) in [4.78, 5) is 7.08. The number of rotatable bonds is 5. The molecule has 136 valence electrons. The molecule has 1 aliphatic rings. The second kappa shape index (κ2) is 10.2. The van der Waals surface area contributed by atoms with Gasteiger partial charge >= 0.3 is 0 Å². The Morgan fingerprint density at radius 2 is 2.21 bits per heavy atom. The number of hydrogen-bond acceptors (Lipinski definition) is 2. The van der Waals surface area contributed by atoms with E-state index in [0.29, 0.717) is 11.6 Å². The molecule has 0 amide bonds. The quantitative estimate of drug-likeness (QED) is 0.412. The van der Waals surface area contributed by atoms with Crippen LogP contribution in [0.4, 0.5) is 4.39 Å². The highest BCUT2D eigenvalue weighted by Crippen LogP contribution is 2.17. The van der Waals surface area contributed by atoms with Gasteiger partial charge in [-0.05, 0) is 64.4 Å². The minimum absolute atomic E-state index is 0. The lowest BCUT2D eigenvalue weighted by Crippen LogP contribution is -2.40. The van der Waals surface area contributed by atoms with Crippen LogP contribution in [0, 0.1) is 12.7 Å². The number of aryl methyl sites for hydroxylation is 1. The Labute approximate surface area is 162 Å². The number of nitrogens with zero attached hydrogens (tertiary/aromatic N) is 2.